The topological polar surface area (TPSA) is 56.4 Å². The molecule has 4 rings (SSSR count). The van der Waals surface area contributed by atoms with Crippen molar-refractivity contribution >= 4 is 22.6 Å². The summed E-state index contributed by atoms with van der Waals surface area (Å²) in [6, 6.07) is 17.5. The molecule has 29 heavy (non-hydrogen) atoms. The number of piperazine rings is 1. The Kier molecular flexibility index (Phi) is 5.49. The van der Waals surface area contributed by atoms with E-state index in [0.717, 1.165) is 22.0 Å². The van der Waals surface area contributed by atoms with E-state index in [9.17, 15) is 9.59 Å². The number of H-pyrrole nitrogens is 1. The van der Waals surface area contributed by atoms with Gasteiger partial charge in [-0.15, -0.1) is 0 Å². The second kappa shape index (κ2) is 8.21. The van der Waals surface area contributed by atoms with E-state index in [1.807, 2.05) is 79.5 Å². The first kappa shape index (κ1) is 19.4. The molecule has 1 aliphatic heterocycles. The molecule has 0 aliphatic carbocycles. The average molecular weight is 389 g/mol. The predicted octanol–water partition coefficient (Wildman–Crippen LogP) is 3.89. The van der Waals surface area contributed by atoms with Gasteiger partial charge in [-0.3, -0.25) is 14.5 Å². The van der Waals surface area contributed by atoms with Crippen molar-refractivity contribution in [2.75, 3.05) is 26.2 Å². The maximum atomic E-state index is 13.7. The Hall–Kier alpha value is -2.92. The van der Waals surface area contributed by atoms with Crippen molar-refractivity contribution in [3.8, 4) is 0 Å². The third kappa shape index (κ3) is 3.83. The van der Waals surface area contributed by atoms with Crippen LogP contribution in [0.2, 0.25) is 0 Å². The van der Waals surface area contributed by atoms with E-state index in [1.165, 1.54) is 0 Å². The van der Waals surface area contributed by atoms with Gasteiger partial charge in [-0.05, 0) is 11.6 Å². The Labute approximate surface area is 171 Å². The number of nitrogens with one attached hydrogen (secondary N) is 1. The van der Waals surface area contributed by atoms with Gasteiger partial charge in [-0.1, -0.05) is 62.4 Å². The van der Waals surface area contributed by atoms with Crippen molar-refractivity contribution < 1.29 is 9.59 Å². The number of carbonyl (C=O) groups excluding carboxylic acids is 2. The molecule has 0 radical (unpaired) electrons. The highest BCUT2D eigenvalue weighted by Crippen LogP contribution is 2.29. The molecule has 1 saturated heterocycles. The standard InChI is InChI=1S/C24H27N3O2/c1-17(2)24(29)27-14-12-26(13-15-27)22(18-8-4-3-5-9-18)23(28)20-16-25-21-11-7-6-10-19(20)21/h3-11,16-17,22,25H,12-15H2,1-2H3. The minimum atomic E-state index is -0.355. The molecule has 1 unspecified atom stereocenters. The van der Waals surface area contributed by atoms with E-state index >= 15 is 0 Å². The third-order valence-electron chi connectivity index (χ3n) is 5.70. The number of fused-ring (bicyclic) bond motifs is 1. The number of amides is 1. The fraction of sp³-hybridized carbons (Fsp3) is 0.333. The summed E-state index contributed by atoms with van der Waals surface area (Å²) in [6.07, 6.45) is 1.82. The SMILES string of the molecule is CC(C)C(=O)N1CCN(C(C(=O)c2c[nH]c3ccccc23)c2ccccc2)CC1. The average Bonchev–Trinajstić information content (AvgIpc) is 3.19. The summed E-state index contributed by atoms with van der Waals surface area (Å²) in [5.41, 5.74) is 2.68. The molecule has 1 fully saturated rings. The molecule has 1 aromatic heterocycles. The largest absolute Gasteiger partial charge is 0.360 e. The highest BCUT2D eigenvalue weighted by atomic mass is 16.2. The minimum Gasteiger partial charge on any atom is -0.360 e. The molecule has 2 aromatic carbocycles. The first-order valence-corrected chi connectivity index (χ1v) is 10.2. The Morgan fingerprint density at radius 2 is 1.55 bits per heavy atom. The summed E-state index contributed by atoms with van der Waals surface area (Å²) in [4.78, 5) is 33.4. The van der Waals surface area contributed by atoms with Crippen molar-refractivity contribution in [2.24, 2.45) is 5.92 Å². The van der Waals surface area contributed by atoms with E-state index in [1.54, 1.807) is 0 Å². The van der Waals surface area contributed by atoms with Gasteiger partial charge in [0.1, 0.15) is 0 Å². The van der Waals surface area contributed by atoms with Gasteiger partial charge in [0, 0.05) is 54.8 Å². The lowest BCUT2D eigenvalue weighted by atomic mass is 9.95. The molecule has 0 bridgehead atoms. The van der Waals surface area contributed by atoms with E-state index in [4.69, 9.17) is 0 Å². The van der Waals surface area contributed by atoms with Crippen LogP contribution in [0.4, 0.5) is 0 Å². The van der Waals surface area contributed by atoms with Gasteiger partial charge in [0.15, 0.2) is 5.78 Å². The van der Waals surface area contributed by atoms with Crippen molar-refractivity contribution in [2.45, 2.75) is 19.9 Å². The van der Waals surface area contributed by atoms with Crippen molar-refractivity contribution in [3.63, 3.8) is 0 Å². The lowest BCUT2D eigenvalue weighted by Gasteiger charge is -2.39. The lowest BCUT2D eigenvalue weighted by molar-refractivity contribution is -0.136. The minimum absolute atomic E-state index is 0.000627. The molecule has 1 N–H and O–H groups in total. The second-order valence-electron chi connectivity index (χ2n) is 7.94. The molecule has 5 heteroatoms. The van der Waals surface area contributed by atoms with Crippen molar-refractivity contribution in [1.29, 1.82) is 0 Å². The van der Waals surface area contributed by atoms with Gasteiger partial charge < -0.3 is 9.88 Å². The van der Waals surface area contributed by atoms with E-state index in [-0.39, 0.29) is 23.7 Å². The molecular weight excluding hydrogens is 362 g/mol. The van der Waals surface area contributed by atoms with E-state index in [2.05, 4.69) is 9.88 Å². The van der Waals surface area contributed by atoms with Crippen LogP contribution in [-0.2, 0) is 4.79 Å². The van der Waals surface area contributed by atoms with Crippen LogP contribution in [-0.4, -0.2) is 52.7 Å². The molecule has 1 aliphatic rings. The monoisotopic (exact) mass is 389 g/mol. The number of nitrogens with zero attached hydrogens (tertiary/aromatic N) is 2. The fourth-order valence-electron chi connectivity index (χ4n) is 4.15. The Morgan fingerprint density at radius 1 is 0.897 bits per heavy atom. The summed E-state index contributed by atoms with van der Waals surface area (Å²) >= 11 is 0. The number of para-hydroxylation sites is 1. The van der Waals surface area contributed by atoms with Gasteiger partial charge in [0.25, 0.3) is 0 Å². The molecule has 1 atom stereocenters. The molecular formula is C24H27N3O2. The third-order valence-corrected chi connectivity index (χ3v) is 5.70. The molecule has 0 saturated carbocycles. The molecule has 1 amide bonds. The smallest absolute Gasteiger partial charge is 0.225 e. The summed E-state index contributed by atoms with van der Waals surface area (Å²) in [5, 5.41) is 0.951. The number of rotatable bonds is 5. The highest BCUT2D eigenvalue weighted by molar-refractivity contribution is 6.10. The van der Waals surface area contributed by atoms with Gasteiger partial charge in [-0.2, -0.15) is 0 Å². The zero-order chi connectivity index (χ0) is 20.4. The molecule has 2 heterocycles. The van der Waals surface area contributed by atoms with Crippen LogP contribution in [0.25, 0.3) is 10.9 Å². The summed E-state index contributed by atoms with van der Waals surface area (Å²) in [7, 11) is 0. The first-order chi connectivity index (χ1) is 14.1. The normalized spacial score (nSPS) is 16.3. The molecule has 0 spiro atoms. The molecule has 150 valence electrons. The van der Waals surface area contributed by atoms with Crippen LogP contribution in [0, 0.1) is 5.92 Å². The first-order valence-electron chi connectivity index (χ1n) is 10.2. The summed E-state index contributed by atoms with van der Waals surface area (Å²) < 4.78 is 0. The Balaban J connectivity index is 1.63. The van der Waals surface area contributed by atoms with Crippen molar-refractivity contribution in [1.82, 2.24) is 14.8 Å². The number of benzene rings is 2. The van der Waals surface area contributed by atoms with E-state index in [0.29, 0.717) is 26.2 Å². The molecule has 3 aromatic rings. The quantitative estimate of drug-likeness (QED) is 0.674. The maximum absolute atomic E-state index is 13.7. The fourth-order valence-corrected chi connectivity index (χ4v) is 4.15. The number of hydrogen-bond donors (Lipinski definition) is 1. The van der Waals surface area contributed by atoms with Crippen LogP contribution < -0.4 is 0 Å². The number of Topliss-reactive ketones (excluding diaryl/α,β-unsaturated/α-hetero) is 1. The Morgan fingerprint density at radius 3 is 2.24 bits per heavy atom. The molecule has 5 nitrogen and oxygen atoms in total. The van der Waals surface area contributed by atoms with E-state index < -0.39 is 0 Å². The number of ketones is 1. The van der Waals surface area contributed by atoms with Crippen LogP contribution >= 0.6 is 0 Å². The number of aromatic nitrogens is 1. The van der Waals surface area contributed by atoms with Crippen LogP contribution in [0.1, 0.15) is 35.8 Å². The predicted molar refractivity (Wildman–Crippen MR) is 115 cm³/mol. The van der Waals surface area contributed by atoms with Gasteiger partial charge in [-0.25, -0.2) is 0 Å². The lowest BCUT2D eigenvalue weighted by Crippen LogP contribution is -2.51. The number of aromatic amines is 1. The maximum Gasteiger partial charge on any atom is 0.225 e. The second-order valence-corrected chi connectivity index (χ2v) is 7.94. The number of carbonyl (C=O) groups is 2. The van der Waals surface area contributed by atoms with Crippen LogP contribution in [0.5, 0.6) is 0 Å². The highest BCUT2D eigenvalue weighted by Gasteiger charge is 2.33. The Bertz CT molecular complexity index is 1000. The van der Waals surface area contributed by atoms with Crippen molar-refractivity contribution in [3.05, 3.63) is 71.9 Å². The van der Waals surface area contributed by atoms with Crippen LogP contribution in [0.15, 0.2) is 60.8 Å². The van der Waals surface area contributed by atoms with Crippen LogP contribution in [0.3, 0.4) is 0 Å². The van der Waals surface area contributed by atoms with Gasteiger partial charge >= 0.3 is 0 Å². The van der Waals surface area contributed by atoms with Gasteiger partial charge in [0.05, 0.1) is 6.04 Å². The zero-order valence-corrected chi connectivity index (χ0v) is 17.0. The summed E-state index contributed by atoms with van der Waals surface area (Å²) in [6.45, 7) is 6.55. The summed E-state index contributed by atoms with van der Waals surface area (Å²) in [5.74, 6) is 0.278. The zero-order valence-electron chi connectivity index (χ0n) is 17.0. The van der Waals surface area contributed by atoms with Gasteiger partial charge in [0.2, 0.25) is 5.91 Å². The number of hydrogen-bond acceptors (Lipinski definition) is 3.